The Morgan fingerprint density at radius 2 is 1.48 bits per heavy atom. The number of nitrogens with zero attached hydrogens (tertiary/aromatic N) is 1. The van der Waals surface area contributed by atoms with Crippen LogP contribution in [0, 0.1) is 0 Å². The Morgan fingerprint density at radius 1 is 0.833 bits per heavy atom. The summed E-state index contributed by atoms with van der Waals surface area (Å²) in [5, 5.41) is 8.38. The third-order valence-corrected chi connectivity index (χ3v) is 10.8. The molecule has 252 valence electrons. The van der Waals surface area contributed by atoms with Gasteiger partial charge in [0.05, 0.1) is 15.5 Å². The van der Waals surface area contributed by atoms with Gasteiger partial charge in [-0.15, -0.1) is 11.3 Å². The average Bonchev–Trinajstić information content (AvgIpc) is 3.46. The number of hydrogen-bond acceptors (Lipinski definition) is 8. The summed E-state index contributed by atoms with van der Waals surface area (Å²) in [7, 11) is -3.29. The Labute approximate surface area is 286 Å². The Hall–Kier alpha value is -4.38. The summed E-state index contributed by atoms with van der Waals surface area (Å²) < 4.78 is 44.5. The molecule has 5 aromatic rings. The number of hydrogen-bond donors (Lipinski definition) is 1. The van der Waals surface area contributed by atoms with E-state index in [1.54, 1.807) is 30.4 Å². The number of rotatable bonds is 12. The predicted molar refractivity (Wildman–Crippen MR) is 191 cm³/mol. The second kappa shape index (κ2) is 16.6. The second-order valence-corrected chi connectivity index (χ2v) is 14.8. The number of likely N-dealkylation sites (tertiary alicyclic amines) is 1. The van der Waals surface area contributed by atoms with Crippen LogP contribution in [0.4, 0.5) is 0 Å². The van der Waals surface area contributed by atoms with E-state index in [1.807, 2.05) is 84.9 Å². The molecule has 1 N–H and O–H groups in total. The van der Waals surface area contributed by atoms with Gasteiger partial charge in [-0.2, -0.15) is 0 Å². The third-order valence-electron chi connectivity index (χ3n) is 7.89. The summed E-state index contributed by atoms with van der Waals surface area (Å²) in [6.45, 7) is 7.14. The number of thiophene rings is 1. The Balaban J connectivity index is 0.00000107. The van der Waals surface area contributed by atoms with E-state index >= 15 is 0 Å². The van der Waals surface area contributed by atoms with Crippen molar-refractivity contribution >= 4 is 37.2 Å². The highest BCUT2D eigenvalue weighted by atomic mass is 32.2. The lowest BCUT2D eigenvalue weighted by molar-refractivity contribution is -0.134. The zero-order valence-corrected chi connectivity index (χ0v) is 28.9. The topological polar surface area (TPSA) is 102 Å². The first kappa shape index (κ1) is 34.9. The van der Waals surface area contributed by atoms with Crippen LogP contribution in [0.1, 0.15) is 38.7 Å². The summed E-state index contributed by atoms with van der Waals surface area (Å²) in [6.07, 6.45) is 3.87. The van der Waals surface area contributed by atoms with Gasteiger partial charge in [0.2, 0.25) is 0 Å². The quantitative estimate of drug-likeness (QED) is 0.139. The lowest BCUT2D eigenvalue weighted by Crippen LogP contribution is -2.33. The van der Waals surface area contributed by atoms with Crippen LogP contribution in [0.3, 0.4) is 0 Å². The summed E-state index contributed by atoms with van der Waals surface area (Å²) in [4.78, 5) is 12.7. The van der Waals surface area contributed by atoms with Crippen molar-refractivity contribution in [1.82, 2.24) is 4.90 Å². The van der Waals surface area contributed by atoms with Crippen molar-refractivity contribution < 1.29 is 32.5 Å². The molecule has 4 aromatic carbocycles. The van der Waals surface area contributed by atoms with Crippen molar-refractivity contribution in [3.05, 3.63) is 103 Å². The molecule has 1 aliphatic heterocycles. The fraction of sp³-hybridized carbons (Fsp3) is 0.289. The molecule has 0 aliphatic carbocycles. The lowest BCUT2D eigenvalue weighted by Gasteiger charge is -2.26. The van der Waals surface area contributed by atoms with Gasteiger partial charge < -0.3 is 19.3 Å². The normalized spacial score (nSPS) is 13.4. The molecule has 1 saturated heterocycles. The van der Waals surface area contributed by atoms with Crippen molar-refractivity contribution in [2.75, 3.05) is 32.0 Å². The fourth-order valence-corrected chi connectivity index (χ4v) is 7.40. The minimum absolute atomic E-state index is 0.0628. The van der Waals surface area contributed by atoms with E-state index in [9.17, 15) is 8.42 Å². The van der Waals surface area contributed by atoms with Gasteiger partial charge in [-0.05, 0) is 91.7 Å². The van der Waals surface area contributed by atoms with Gasteiger partial charge in [-0.3, -0.25) is 9.69 Å². The van der Waals surface area contributed by atoms with E-state index in [0.717, 1.165) is 69.9 Å². The Bertz CT molecular complexity index is 1880. The van der Waals surface area contributed by atoms with Gasteiger partial charge in [0.25, 0.3) is 5.97 Å². The molecule has 0 bridgehead atoms. The maximum Gasteiger partial charge on any atom is 0.300 e. The Kier molecular flexibility index (Phi) is 12.1. The monoisotopic (exact) mass is 687 g/mol. The van der Waals surface area contributed by atoms with Crippen molar-refractivity contribution in [3.8, 4) is 33.4 Å². The van der Waals surface area contributed by atoms with Crippen molar-refractivity contribution in [2.45, 2.75) is 44.6 Å². The molecule has 48 heavy (non-hydrogen) atoms. The SMILES string of the molecule is CC(=O)O.CCS(=O)(=O)c1ccc(-c2sc3cc(OCc4ccccc4)ccc3c2Oc2ccc(OCCN3CCCCC3)cc2)cc1. The van der Waals surface area contributed by atoms with Crippen LogP contribution >= 0.6 is 11.3 Å². The molecule has 0 saturated carbocycles. The summed E-state index contributed by atoms with van der Waals surface area (Å²) in [5.41, 5.74) is 1.99. The smallest absolute Gasteiger partial charge is 0.300 e. The summed E-state index contributed by atoms with van der Waals surface area (Å²) >= 11 is 1.60. The van der Waals surface area contributed by atoms with Crippen LogP contribution in [0.5, 0.6) is 23.0 Å². The van der Waals surface area contributed by atoms with Crippen LogP contribution in [0.15, 0.2) is 102 Å². The molecule has 2 heterocycles. The van der Waals surface area contributed by atoms with Gasteiger partial charge in [-0.1, -0.05) is 55.8 Å². The zero-order chi connectivity index (χ0) is 33.9. The molecule has 10 heteroatoms. The van der Waals surface area contributed by atoms with Crippen molar-refractivity contribution in [3.63, 3.8) is 0 Å². The summed E-state index contributed by atoms with van der Waals surface area (Å²) in [6, 6.07) is 30.9. The molecular weight excluding hydrogens is 647 g/mol. The molecule has 0 amide bonds. The zero-order valence-electron chi connectivity index (χ0n) is 27.3. The molecule has 0 unspecified atom stereocenters. The van der Waals surface area contributed by atoms with E-state index in [0.29, 0.717) is 23.9 Å². The highest BCUT2D eigenvalue weighted by Crippen LogP contribution is 2.47. The fourth-order valence-electron chi connectivity index (χ4n) is 5.35. The van der Waals surface area contributed by atoms with Crippen molar-refractivity contribution in [1.29, 1.82) is 0 Å². The number of ether oxygens (including phenoxy) is 3. The number of piperidine rings is 1. The molecule has 0 spiro atoms. The number of carbonyl (C=O) groups is 1. The number of fused-ring (bicyclic) bond motifs is 1. The first-order chi connectivity index (χ1) is 23.2. The highest BCUT2D eigenvalue weighted by molar-refractivity contribution is 7.91. The van der Waals surface area contributed by atoms with Crippen molar-refractivity contribution in [2.24, 2.45) is 0 Å². The van der Waals surface area contributed by atoms with E-state index in [1.165, 1.54) is 19.3 Å². The summed E-state index contributed by atoms with van der Waals surface area (Å²) in [5.74, 6) is 2.25. The van der Waals surface area contributed by atoms with E-state index in [4.69, 9.17) is 24.1 Å². The van der Waals surface area contributed by atoms with Crippen LogP contribution in [-0.4, -0.2) is 56.4 Å². The van der Waals surface area contributed by atoms with Crippen LogP contribution in [0.2, 0.25) is 0 Å². The van der Waals surface area contributed by atoms with E-state index in [-0.39, 0.29) is 5.75 Å². The lowest BCUT2D eigenvalue weighted by atomic mass is 10.1. The third kappa shape index (κ3) is 9.59. The number of sulfone groups is 1. The average molecular weight is 688 g/mol. The molecule has 6 rings (SSSR count). The standard InChI is InChI=1S/C36H37NO5S2.C2H4O2/c1-2-44(38,39)32-18-11-28(12-19-32)36-35(33-20-17-31(25-34(33)43-36)41-26-27-9-5-3-6-10-27)42-30-15-13-29(14-16-30)40-24-23-37-21-7-4-8-22-37;1-2(3)4/h3,5-6,9-20,25H,2,4,7-8,21-24,26H2,1H3;1H3,(H,3,4). The molecule has 1 aromatic heterocycles. The molecule has 1 fully saturated rings. The van der Waals surface area contributed by atoms with Crippen LogP contribution < -0.4 is 14.2 Å². The van der Waals surface area contributed by atoms with Gasteiger partial charge in [0.1, 0.15) is 30.5 Å². The number of aliphatic carboxylic acids is 1. The Morgan fingerprint density at radius 3 is 2.15 bits per heavy atom. The molecular formula is C38H41NO7S2. The molecule has 8 nitrogen and oxygen atoms in total. The molecule has 0 atom stereocenters. The number of benzene rings is 4. The van der Waals surface area contributed by atoms with Gasteiger partial charge in [-0.25, -0.2) is 8.42 Å². The largest absolute Gasteiger partial charge is 0.492 e. The predicted octanol–water partition coefficient (Wildman–Crippen LogP) is 8.69. The molecule has 1 aliphatic rings. The second-order valence-electron chi connectivity index (χ2n) is 11.5. The molecule has 0 radical (unpaired) electrons. The maximum absolute atomic E-state index is 12.4. The number of carboxylic acids is 1. The minimum Gasteiger partial charge on any atom is -0.492 e. The van der Waals surface area contributed by atoms with Gasteiger partial charge in [0.15, 0.2) is 15.6 Å². The van der Waals surface area contributed by atoms with Crippen LogP contribution in [0.25, 0.3) is 20.5 Å². The maximum atomic E-state index is 12.4. The highest BCUT2D eigenvalue weighted by Gasteiger charge is 2.19. The first-order valence-corrected chi connectivity index (χ1v) is 18.6. The van der Waals surface area contributed by atoms with Gasteiger partial charge in [0, 0.05) is 23.6 Å². The first-order valence-electron chi connectivity index (χ1n) is 16.1. The minimum atomic E-state index is -3.29. The van der Waals surface area contributed by atoms with Gasteiger partial charge >= 0.3 is 0 Å². The van der Waals surface area contributed by atoms with E-state index < -0.39 is 15.8 Å². The number of carboxylic acid groups (broad SMARTS) is 1. The van der Waals surface area contributed by atoms with Crippen LogP contribution in [-0.2, 0) is 21.2 Å². The van der Waals surface area contributed by atoms with E-state index in [2.05, 4.69) is 4.90 Å².